The molecule has 2 saturated carbocycles. The number of carboxylic acids is 1. The van der Waals surface area contributed by atoms with E-state index in [0.29, 0.717) is 89.1 Å². The Morgan fingerprint density at radius 1 is 0.495 bits per heavy atom. The van der Waals surface area contributed by atoms with E-state index < -0.39 is 94.7 Å². The molecular formula is C73H103N12NaO13. The summed E-state index contributed by atoms with van der Waals surface area (Å²) in [6.07, 6.45) is 9.23. The number of carbonyl (C=O) groups is 10. The molecule has 10 atom stereocenters. The minimum absolute atomic E-state index is 0. The topological polar surface area (TPSA) is 441 Å². The number of carboxylic acid groups (broad SMARTS) is 1. The summed E-state index contributed by atoms with van der Waals surface area (Å²) in [7, 11) is 1.26. The molecule has 2 aliphatic carbocycles. The van der Waals surface area contributed by atoms with E-state index in [4.69, 9.17) is 39.1 Å². The molecule has 8 rings (SSSR count). The second-order valence-electron chi connectivity index (χ2n) is 27.0. The predicted octanol–water partition coefficient (Wildman–Crippen LogP) is -0.509. The van der Waals surface area contributed by atoms with Crippen molar-refractivity contribution in [3.8, 4) is 0 Å². The zero-order chi connectivity index (χ0) is 70.1. The number of esters is 1. The fourth-order valence-corrected chi connectivity index (χ4v) is 12.6. The normalized spacial score (nSPS) is 19.4. The smallest absolute Gasteiger partial charge is 0.870 e. The van der Waals surface area contributed by atoms with E-state index in [1.54, 1.807) is 0 Å². The maximum Gasteiger partial charge on any atom is 1.00 e. The van der Waals surface area contributed by atoms with E-state index in [0.717, 1.165) is 47.9 Å². The number of rotatable bonds is 38. The average molecular weight is 1380 g/mol. The van der Waals surface area contributed by atoms with Crippen LogP contribution in [0.3, 0.4) is 0 Å². The molecule has 0 bridgehead atoms. The number of aliphatic carboxylic acids is 1. The summed E-state index contributed by atoms with van der Waals surface area (Å²) in [5.41, 5.74) is 36.9. The van der Waals surface area contributed by atoms with Crippen molar-refractivity contribution in [3.63, 3.8) is 0 Å². The molecule has 534 valence electrons. The average Bonchev–Trinajstić information content (AvgIpc) is 1.76. The maximum absolute atomic E-state index is 14.0. The Kier molecular flexibility index (Phi) is 34.0. The number of hydrogen-bond donors (Lipinski definition) is 11. The van der Waals surface area contributed by atoms with Crippen molar-refractivity contribution in [3.05, 3.63) is 144 Å². The zero-order valence-corrected chi connectivity index (χ0v) is 59.4. The Bertz CT molecular complexity index is 3260. The van der Waals surface area contributed by atoms with Crippen LogP contribution >= 0.6 is 0 Å². The minimum atomic E-state index is -1.54. The van der Waals surface area contributed by atoms with Crippen molar-refractivity contribution in [2.24, 2.45) is 58.1 Å². The Morgan fingerprint density at radius 3 is 1.13 bits per heavy atom. The molecule has 0 radical (unpaired) electrons. The van der Waals surface area contributed by atoms with Crippen LogP contribution in [0.5, 0.6) is 0 Å². The molecule has 0 spiro atoms. The van der Waals surface area contributed by atoms with Crippen LogP contribution in [0.2, 0.25) is 0 Å². The van der Waals surface area contributed by atoms with Gasteiger partial charge < -0.3 is 80.8 Å². The van der Waals surface area contributed by atoms with Crippen LogP contribution in [0.1, 0.15) is 125 Å². The molecule has 25 nitrogen and oxygen atoms in total. The van der Waals surface area contributed by atoms with Crippen molar-refractivity contribution in [2.45, 2.75) is 176 Å². The van der Waals surface area contributed by atoms with Gasteiger partial charge in [-0.2, -0.15) is 0 Å². The van der Waals surface area contributed by atoms with Crippen LogP contribution in [-0.4, -0.2) is 173 Å². The number of unbranched alkanes of at least 4 members (excludes halogenated alkanes) is 2. The largest absolute Gasteiger partial charge is 1.00 e. The molecule has 99 heavy (non-hydrogen) atoms. The summed E-state index contributed by atoms with van der Waals surface area (Å²) < 4.78 is 4.85. The Morgan fingerprint density at radius 2 is 0.818 bits per heavy atom. The third-order valence-electron chi connectivity index (χ3n) is 18.9. The van der Waals surface area contributed by atoms with Crippen LogP contribution in [0.25, 0.3) is 0 Å². The molecule has 4 aromatic rings. The first-order valence-corrected chi connectivity index (χ1v) is 34.3. The summed E-state index contributed by atoms with van der Waals surface area (Å²) >= 11 is 0. The minimum Gasteiger partial charge on any atom is -0.870 e. The fraction of sp³-hybridized carbons (Fsp3) is 0.534. The van der Waals surface area contributed by atoms with Gasteiger partial charge in [0.2, 0.25) is 35.4 Å². The zero-order valence-electron chi connectivity index (χ0n) is 57.4. The molecule has 4 aromatic carbocycles. The first-order chi connectivity index (χ1) is 46.5. The number of hydrogen-bond acceptors (Lipinski definition) is 18. The van der Waals surface area contributed by atoms with Gasteiger partial charge in [-0.1, -0.05) is 147 Å². The number of nitrogens with zero attached hydrogens (tertiary/aromatic N) is 2. The van der Waals surface area contributed by atoms with Gasteiger partial charge >= 0.3 is 41.5 Å². The summed E-state index contributed by atoms with van der Waals surface area (Å²) in [5.74, 6) is -5.56. The van der Waals surface area contributed by atoms with Gasteiger partial charge in [0.05, 0.1) is 31.3 Å². The number of carbonyl (C=O) groups excluding carboxylic acids is 9. The molecule has 2 aliphatic heterocycles. The van der Waals surface area contributed by atoms with Gasteiger partial charge in [-0.05, 0) is 137 Å². The molecule has 4 fully saturated rings. The number of benzene rings is 4. The first-order valence-electron chi connectivity index (χ1n) is 34.3. The van der Waals surface area contributed by atoms with E-state index in [1.807, 2.05) is 121 Å². The second-order valence-corrected chi connectivity index (χ2v) is 27.0. The van der Waals surface area contributed by atoms with Gasteiger partial charge in [0.1, 0.15) is 23.2 Å². The summed E-state index contributed by atoms with van der Waals surface area (Å²) in [6.45, 7) is 1.12. The van der Waals surface area contributed by atoms with Crippen molar-refractivity contribution in [1.82, 2.24) is 31.1 Å². The Hall–Kier alpha value is -7.30. The number of Topliss-reactive ketones (excluding diaryl/α,β-unsaturated/α-hetero) is 2. The summed E-state index contributed by atoms with van der Waals surface area (Å²) in [6, 6.07) is 32.2. The van der Waals surface area contributed by atoms with Crippen molar-refractivity contribution >= 4 is 58.9 Å². The standard InChI is InChI=1S/C37H52N6O6.C36H50N6O6.Na.H2O/c1-49-36(48)37(40)17-19-43(24-37)35(47)30(14-8-9-18-38)41-33(45)28(20-27-15-16-27)23-32(44)31(22-26-12-6-3-7-13-26)42-34(46)29(39)21-25-10-4-2-5-11-25;37-17-8-7-13-29(34(46)42-18-16-36(39,23-42)35(47)48)40-32(44)27(19-26-14-15-26)22-31(43)30(21-25-11-5-2-6-12-25)41-33(45)28(38)20-24-9-3-1-4-10-24;;/h2-7,10-13,27-31H,8-9,14-24,38-40H2,1H3,(H,41,45)(H,42,46);1-6,9-12,26-30H,7-8,13-23,37-39H2,(H,40,44)(H,41,45)(H,47,48);;1H2/q;;+1;/p-1/t28-,29+,30+,31+,37?;27-,28+,29+,30+,36?;;/m00../s1. The van der Waals surface area contributed by atoms with Gasteiger partial charge in [-0.15, -0.1) is 0 Å². The fourth-order valence-electron chi connectivity index (χ4n) is 12.6. The molecule has 6 amide bonds. The first kappa shape index (κ1) is 82.4. The van der Waals surface area contributed by atoms with E-state index in [1.165, 1.54) is 16.9 Å². The quantitative estimate of drug-likeness (QED) is 0.0153. The van der Waals surface area contributed by atoms with Crippen LogP contribution in [0.15, 0.2) is 121 Å². The van der Waals surface area contributed by atoms with Gasteiger partial charge in [-0.25, -0.2) is 4.79 Å². The van der Waals surface area contributed by atoms with Gasteiger partial charge in [0.15, 0.2) is 11.6 Å². The number of amides is 6. The molecule has 2 saturated heterocycles. The number of nitrogens with two attached hydrogens (primary N) is 6. The third-order valence-corrected chi connectivity index (χ3v) is 18.9. The molecular weight excluding hydrogens is 1280 g/mol. The molecule has 2 heterocycles. The molecule has 4 aliphatic rings. The van der Waals surface area contributed by atoms with Gasteiger partial charge in [0, 0.05) is 50.9 Å². The van der Waals surface area contributed by atoms with Crippen LogP contribution < -0.4 is 85.2 Å². The Labute approximate surface area is 603 Å². The maximum atomic E-state index is 14.0. The number of likely N-dealkylation sites (tertiary alicyclic amines) is 2. The molecule has 0 aromatic heterocycles. The second kappa shape index (κ2) is 40.8. The van der Waals surface area contributed by atoms with Crippen LogP contribution in [0.4, 0.5) is 0 Å². The van der Waals surface area contributed by atoms with Gasteiger partial charge in [-0.3, -0.25) is 43.2 Å². The summed E-state index contributed by atoms with van der Waals surface area (Å²) in [5, 5.41) is 21.2. The Balaban J connectivity index is 0.000000350. The third kappa shape index (κ3) is 26.3. The number of ether oxygens (including phenoxy) is 1. The van der Waals surface area contributed by atoms with Crippen molar-refractivity contribution in [2.75, 3.05) is 46.4 Å². The van der Waals surface area contributed by atoms with E-state index in [-0.39, 0.29) is 123 Å². The van der Waals surface area contributed by atoms with Crippen LogP contribution in [0, 0.1) is 23.7 Å². The predicted molar refractivity (Wildman–Crippen MR) is 369 cm³/mol. The number of ketones is 2. The SMILES string of the molecule is COC(=O)C1(N)CCN(C(=O)[C@@H](CCCCN)NC(=O)[C@H](CC(=O)[C@@H](Cc2ccccc2)NC(=O)[C@H](N)Cc2ccccc2)CC2CC2)C1.NCCCC[C@@H](NC(=O)[C@H](CC(=O)[C@@H](Cc1ccccc1)NC(=O)[C@H](N)Cc1ccccc1)CC1CC1)C(=O)N1CCC(N)(C(=O)O)C1.[Na+].[OH-]. The summed E-state index contributed by atoms with van der Waals surface area (Å²) in [4.78, 5) is 137. The van der Waals surface area contributed by atoms with Gasteiger partial charge in [0.25, 0.3) is 0 Å². The van der Waals surface area contributed by atoms with Crippen molar-refractivity contribution in [1.29, 1.82) is 0 Å². The molecule has 2 unspecified atom stereocenters. The van der Waals surface area contributed by atoms with Crippen LogP contribution in [-0.2, 0) is 78.4 Å². The van der Waals surface area contributed by atoms with E-state index in [2.05, 4.69) is 21.3 Å². The number of methoxy groups -OCH3 is 1. The monoisotopic (exact) mass is 1380 g/mol. The number of nitrogens with one attached hydrogen (secondary N) is 4. The van der Waals surface area contributed by atoms with E-state index in [9.17, 15) is 53.1 Å². The molecule has 18 N–H and O–H groups in total. The van der Waals surface area contributed by atoms with Crippen molar-refractivity contribution < 1.29 is 92.8 Å². The van der Waals surface area contributed by atoms with E-state index >= 15 is 0 Å². The molecule has 26 heteroatoms.